The highest BCUT2D eigenvalue weighted by atomic mass is 16.3. The topological polar surface area (TPSA) is 92.1 Å². The van der Waals surface area contributed by atoms with Gasteiger partial charge in [-0.2, -0.15) is 0 Å². The van der Waals surface area contributed by atoms with Crippen molar-refractivity contribution in [2.24, 2.45) is 16.6 Å². The smallest absolute Gasteiger partial charge is 0.289 e. The molecule has 0 aromatic carbocycles. The third kappa shape index (κ3) is 4.65. The molecule has 3 heterocycles. The molecule has 0 bridgehead atoms. The Bertz CT molecular complexity index is 720. The zero-order chi connectivity index (χ0) is 20.9. The Balaban J connectivity index is 1.56. The molecule has 2 amide bonds. The summed E-state index contributed by atoms with van der Waals surface area (Å²) in [5, 5.41) is 0. The minimum Gasteiger partial charge on any atom is -0.459 e. The Labute approximate surface area is 173 Å². The van der Waals surface area contributed by atoms with E-state index >= 15 is 0 Å². The molecule has 1 aromatic rings. The zero-order valence-corrected chi connectivity index (χ0v) is 17.7. The lowest BCUT2D eigenvalue weighted by Gasteiger charge is -2.26. The number of nitrogens with zero attached hydrogens (tertiary/aromatic N) is 3. The Kier molecular flexibility index (Phi) is 6.98. The van der Waals surface area contributed by atoms with E-state index in [4.69, 9.17) is 10.2 Å². The van der Waals surface area contributed by atoms with Crippen LogP contribution in [0.1, 0.15) is 75.8 Å². The highest BCUT2D eigenvalue weighted by molar-refractivity contribution is 6.06. The van der Waals surface area contributed by atoms with Crippen LogP contribution in [0, 0.1) is 5.92 Å². The van der Waals surface area contributed by atoms with E-state index in [2.05, 4.69) is 18.8 Å². The Hall–Kier alpha value is -2.31. The van der Waals surface area contributed by atoms with E-state index in [1.54, 1.807) is 17.0 Å². The quantitative estimate of drug-likeness (QED) is 0.649. The molecule has 160 valence electrons. The minimum absolute atomic E-state index is 0.0611. The third-order valence-corrected chi connectivity index (χ3v) is 6.20. The molecule has 1 fully saturated rings. The van der Waals surface area contributed by atoms with Crippen LogP contribution in [-0.2, 0) is 4.79 Å². The second-order valence-corrected chi connectivity index (χ2v) is 8.34. The molecular weight excluding hydrogens is 368 g/mol. The van der Waals surface area contributed by atoms with Crippen LogP contribution in [0.25, 0.3) is 0 Å². The van der Waals surface area contributed by atoms with Crippen LogP contribution in [0.3, 0.4) is 0 Å². The number of unbranched alkanes of at least 4 members (excludes halogenated alkanes) is 2. The summed E-state index contributed by atoms with van der Waals surface area (Å²) in [6, 6.07) is 3.42. The van der Waals surface area contributed by atoms with Gasteiger partial charge in [0.1, 0.15) is 5.54 Å². The number of aliphatic imine (C=N–C) groups is 1. The predicted octanol–water partition coefficient (Wildman–Crippen LogP) is 3.41. The van der Waals surface area contributed by atoms with Gasteiger partial charge in [-0.3, -0.25) is 14.5 Å². The molecule has 0 radical (unpaired) electrons. The molecule has 0 aliphatic carbocycles. The van der Waals surface area contributed by atoms with Crippen molar-refractivity contribution in [3.8, 4) is 0 Å². The van der Waals surface area contributed by atoms with Gasteiger partial charge in [-0.15, -0.1) is 0 Å². The zero-order valence-electron chi connectivity index (χ0n) is 17.7. The summed E-state index contributed by atoms with van der Waals surface area (Å²) in [6.07, 6.45) is 8.85. The van der Waals surface area contributed by atoms with Gasteiger partial charge >= 0.3 is 0 Å². The van der Waals surface area contributed by atoms with E-state index in [1.165, 1.54) is 6.26 Å². The Morgan fingerprint density at radius 2 is 2.03 bits per heavy atom. The maximum atomic E-state index is 13.2. The standard InChI is InChI=1S/C22H34N4O3/c1-3-5-11-22(12-6-4-2)20(28)26(21(23)24-22)14-10-17-9-13-25(16-17)19(27)18-8-7-15-29-18/h7-8,15,17H,3-6,9-14,16H2,1-2H3,(H2,23,24). The third-order valence-electron chi connectivity index (χ3n) is 6.20. The van der Waals surface area contributed by atoms with Crippen molar-refractivity contribution >= 4 is 17.8 Å². The number of rotatable bonds is 10. The van der Waals surface area contributed by atoms with Crippen LogP contribution < -0.4 is 5.73 Å². The average Bonchev–Trinajstić information content (AvgIpc) is 3.45. The van der Waals surface area contributed by atoms with E-state index in [0.29, 0.717) is 30.7 Å². The van der Waals surface area contributed by atoms with E-state index in [9.17, 15) is 9.59 Å². The fourth-order valence-corrected chi connectivity index (χ4v) is 4.41. The lowest BCUT2D eigenvalue weighted by molar-refractivity contribution is -0.132. The van der Waals surface area contributed by atoms with Crippen molar-refractivity contribution in [2.75, 3.05) is 19.6 Å². The minimum atomic E-state index is -0.660. The molecule has 2 aliphatic rings. The fourth-order valence-electron chi connectivity index (χ4n) is 4.41. The molecule has 7 nitrogen and oxygen atoms in total. The monoisotopic (exact) mass is 402 g/mol. The second-order valence-electron chi connectivity index (χ2n) is 8.34. The summed E-state index contributed by atoms with van der Waals surface area (Å²) in [5.74, 6) is 1.11. The number of guanidine groups is 1. The molecule has 0 saturated carbocycles. The number of hydrogen-bond acceptors (Lipinski definition) is 5. The Morgan fingerprint density at radius 3 is 2.66 bits per heavy atom. The molecule has 1 unspecified atom stereocenters. The molecule has 0 spiro atoms. The molecule has 2 N–H and O–H groups in total. The summed E-state index contributed by atoms with van der Waals surface area (Å²) in [7, 11) is 0. The maximum Gasteiger partial charge on any atom is 0.289 e. The van der Waals surface area contributed by atoms with Gasteiger partial charge in [0.05, 0.1) is 6.26 Å². The number of carbonyl (C=O) groups is 2. The summed E-state index contributed by atoms with van der Waals surface area (Å²) < 4.78 is 5.22. The normalized spacial score (nSPS) is 21.1. The molecule has 1 atom stereocenters. The van der Waals surface area contributed by atoms with Crippen molar-refractivity contribution in [2.45, 2.75) is 70.8 Å². The van der Waals surface area contributed by atoms with E-state index < -0.39 is 5.54 Å². The van der Waals surface area contributed by atoms with Crippen LogP contribution in [0.15, 0.2) is 27.8 Å². The van der Waals surface area contributed by atoms with Crippen LogP contribution in [0.5, 0.6) is 0 Å². The van der Waals surface area contributed by atoms with Gasteiger partial charge in [-0.05, 0) is 43.7 Å². The first-order chi connectivity index (χ1) is 14.0. The van der Waals surface area contributed by atoms with Gasteiger partial charge in [0.2, 0.25) is 0 Å². The lowest BCUT2D eigenvalue weighted by atomic mass is 9.87. The van der Waals surface area contributed by atoms with E-state index in [1.807, 2.05) is 4.90 Å². The first-order valence-corrected chi connectivity index (χ1v) is 11.0. The van der Waals surface area contributed by atoms with Gasteiger partial charge < -0.3 is 15.1 Å². The predicted molar refractivity (Wildman–Crippen MR) is 112 cm³/mol. The molecule has 3 rings (SSSR count). The molecular formula is C22H34N4O3. The van der Waals surface area contributed by atoms with Crippen LogP contribution in [0.4, 0.5) is 0 Å². The molecule has 2 aliphatic heterocycles. The summed E-state index contributed by atoms with van der Waals surface area (Å²) in [5.41, 5.74) is 5.53. The Morgan fingerprint density at radius 1 is 1.31 bits per heavy atom. The number of amides is 2. The number of likely N-dealkylation sites (tertiary alicyclic amines) is 1. The van der Waals surface area contributed by atoms with Crippen molar-refractivity contribution < 1.29 is 14.0 Å². The van der Waals surface area contributed by atoms with Crippen LogP contribution >= 0.6 is 0 Å². The first kappa shape index (κ1) is 21.4. The van der Waals surface area contributed by atoms with Crippen molar-refractivity contribution in [1.82, 2.24) is 9.80 Å². The van der Waals surface area contributed by atoms with E-state index in [0.717, 1.165) is 57.9 Å². The molecule has 7 heteroatoms. The van der Waals surface area contributed by atoms with Crippen LogP contribution in [-0.4, -0.2) is 52.7 Å². The number of furan rings is 1. The highest BCUT2D eigenvalue weighted by Crippen LogP contribution is 2.33. The van der Waals surface area contributed by atoms with Crippen molar-refractivity contribution in [3.63, 3.8) is 0 Å². The van der Waals surface area contributed by atoms with Crippen molar-refractivity contribution in [1.29, 1.82) is 0 Å². The number of nitrogens with two attached hydrogens (primary N) is 1. The molecule has 29 heavy (non-hydrogen) atoms. The maximum absolute atomic E-state index is 13.2. The average molecular weight is 403 g/mol. The number of hydrogen-bond donors (Lipinski definition) is 1. The highest BCUT2D eigenvalue weighted by Gasteiger charge is 2.46. The van der Waals surface area contributed by atoms with Gasteiger partial charge in [0.15, 0.2) is 11.7 Å². The molecule has 1 aromatic heterocycles. The van der Waals surface area contributed by atoms with Gasteiger partial charge in [0, 0.05) is 19.6 Å². The number of carbonyl (C=O) groups excluding carboxylic acids is 2. The molecule has 1 saturated heterocycles. The van der Waals surface area contributed by atoms with Crippen molar-refractivity contribution in [3.05, 3.63) is 24.2 Å². The summed E-state index contributed by atoms with van der Waals surface area (Å²) in [6.45, 7) is 6.25. The van der Waals surface area contributed by atoms with Gasteiger partial charge in [0.25, 0.3) is 11.8 Å². The lowest BCUT2D eigenvalue weighted by Crippen LogP contribution is -2.45. The van der Waals surface area contributed by atoms with Crippen LogP contribution in [0.2, 0.25) is 0 Å². The largest absolute Gasteiger partial charge is 0.459 e. The van der Waals surface area contributed by atoms with Gasteiger partial charge in [-0.1, -0.05) is 39.5 Å². The summed E-state index contributed by atoms with van der Waals surface area (Å²) >= 11 is 0. The fraction of sp³-hybridized carbons (Fsp3) is 0.682. The van der Waals surface area contributed by atoms with Gasteiger partial charge in [-0.25, -0.2) is 4.99 Å². The van der Waals surface area contributed by atoms with E-state index in [-0.39, 0.29) is 11.8 Å². The summed E-state index contributed by atoms with van der Waals surface area (Å²) in [4.78, 5) is 33.9. The first-order valence-electron chi connectivity index (χ1n) is 11.0. The SMILES string of the molecule is CCCCC1(CCCC)N=C(N)N(CCC2CCN(C(=O)c3ccco3)C2)C1=O. The second kappa shape index (κ2) is 9.46.